The summed E-state index contributed by atoms with van der Waals surface area (Å²) in [6.45, 7) is 4.01. The van der Waals surface area contributed by atoms with Gasteiger partial charge in [0.25, 0.3) is 5.91 Å². The lowest BCUT2D eigenvalue weighted by atomic mass is 9.98. The molecule has 1 aromatic carbocycles. The highest BCUT2D eigenvalue weighted by atomic mass is 16.5. The van der Waals surface area contributed by atoms with Crippen molar-refractivity contribution in [2.24, 2.45) is 5.92 Å². The molecule has 144 valence electrons. The Morgan fingerprint density at radius 2 is 2.11 bits per heavy atom. The number of rotatable bonds is 5. The van der Waals surface area contributed by atoms with Gasteiger partial charge in [-0.15, -0.1) is 0 Å². The summed E-state index contributed by atoms with van der Waals surface area (Å²) in [5.74, 6) is 1.15. The summed E-state index contributed by atoms with van der Waals surface area (Å²) in [5, 5.41) is 7.20. The first-order valence-corrected chi connectivity index (χ1v) is 9.64. The number of nitrogens with zero attached hydrogens (tertiary/aromatic N) is 3. The van der Waals surface area contributed by atoms with Crippen molar-refractivity contribution in [3.8, 4) is 17.0 Å². The first-order chi connectivity index (χ1) is 13.7. The molecular weight excluding hydrogens is 352 g/mol. The summed E-state index contributed by atoms with van der Waals surface area (Å²) in [4.78, 5) is 19.0. The molecule has 3 heterocycles. The number of aromatic amines is 1. The van der Waals surface area contributed by atoms with E-state index in [-0.39, 0.29) is 5.91 Å². The molecule has 28 heavy (non-hydrogen) atoms. The number of hydrogen-bond donors (Lipinski definition) is 1. The summed E-state index contributed by atoms with van der Waals surface area (Å²) in [5.41, 5.74) is 3.25. The fourth-order valence-corrected chi connectivity index (χ4v) is 3.57. The number of aromatic nitrogens is 3. The average Bonchev–Trinajstić information content (AvgIpc) is 3.23. The van der Waals surface area contributed by atoms with Gasteiger partial charge in [0.05, 0.1) is 12.3 Å². The molecule has 1 amide bonds. The van der Waals surface area contributed by atoms with Gasteiger partial charge in [0.15, 0.2) is 0 Å². The summed E-state index contributed by atoms with van der Waals surface area (Å²) in [6.07, 6.45) is 3.80. The molecular formula is C22H24N4O2. The second-order valence-electron chi connectivity index (χ2n) is 7.24. The Hall–Kier alpha value is -3.15. The molecule has 1 fully saturated rings. The topological polar surface area (TPSA) is 71.1 Å². The van der Waals surface area contributed by atoms with Crippen LogP contribution < -0.4 is 4.74 Å². The largest absolute Gasteiger partial charge is 0.493 e. The third-order valence-corrected chi connectivity index (χ3v) is 5.04. The van der Waals surface area contributed by atoms with Crippen molar-refractivity contribution < 1.29 is 9.53 Å². The van der Waals surface area contributed by atoms with E-state index in [1.165, 1.54) is 0 Å². The zero-order chi connectivity index (χ0) is 19.3. The Morgan fingerprint density at radius 3 is 2.93 bits per heavy atom. The number of H-pyrrole nitrogens is 1. The fraction of sp³-hybridized carbons (Fsp3) is 0.318. The van der Waals surface area contributed by atoms with Crippen LogP contribution in [0, 0.1) is 12.8 Å². The van der Waals surface area contributed by atoms with Crippen molar-refractivity contribution >= 4 is 5.91 Å². The van der Waals surface area contributed by atoms with Crippen LogP contribution in [0.4, 0.5) is 0 Å². The highest BCUT2D eigenvalue weighted by Gasteiger charge is 2.26. The number of ether oxygens (including phenoxy) is 1. The highest BCUT2D eigenvalue weighted by molar-refractivity contribution is 5.93. The predicted octanol–water partition coefficient (Wildman–Crippen LogP) is 3.71. The van der Waals surface area contributed by atoms with Crippen molar-refractivity contribution in [1.82, 2.24) is 20.1 Å². The van der Waals surface area contributed by atoms with Crippen LogP contribution in [0.25, 0.3) is 11.3 Å². The van der Waals surface area contributed by atoms with Gasteiger partial charge in [-0.2, -0.15) is 5.10 Å². The number of aryl methyl sites for hydroxylation is 1. The monoisotopic (exact) mass is 376 g/mol. The maximum atomic E-state index is 12.9. The molecule has 0 spiro atoms. The van der Waals surface area contributed by atoms with Crippen molar-refractivity contribution in [2.45, 2.75) is 19.8 Å². The number of carbonyl (C=O) groups excluding carboxylic acids is 1. The maximum Gasteiger partial charge on any atom is 0.271 e. The smallest absolute Gasteiger partial charge is 0.271 e. The number of piperidine rings is 1. The predicted molar refractivity (Wildman–Crippen MR) is 107 cm³/mol. The molecule has 1 unspecified atom stereocenters. The van der Waals surface area contributed by atoms with Gasteiger partial charge in [0.1, 0.15) is 11.4 Å². The third kappa shape index (κ3) is 4.22. The van der Waals surface area contributed by atoms with Crippen molar-refractivity contribution in [3.05, 3.63) is 66.1 Å². The SMILES string of the molecule is Cc1cc(OCC2CCCN(C(=O)c3cc(-c4ccccc4)n[nH]3)C2)ccn1. The fourth-order valence-electron chi connectivity index (χ4n) is 3.57. The zero-order valence-electron chi connectivity index (χ0n) is 16.0. The number of nitrogens with one attached hydrogen (secondary N) is 1. The molecule has 0 aliphatic carbocycles. The van der Waals surface area contributed by atoms with E-state index in [9.17, 15) is 4.79 Å². The van der Waals surface area contributed by atoms with E-state index in [1.807, 2.05) is 60.4 Å². The molecule has 1 aliphatic rings. The van der Waals surface area contributed by atoms with E-state index < -0.39 is 0 Å². The first kappa shape index (κ1) is 18.2. The van der Waals surface area contributed by atoms with Gasteiger partial charge >= 0.3 is 0 Å². The number of carbonyl (C=O) groups is 1. The molecule has 1 N–H and O–H groups in total. The summed E-state index contributed by atoms with van der Waals surface area (Å²) in [7, 11) is 0. The van der Waals surface area contributed by atoms with Crippen LogP contribution in [0.3, 0.4) is 0 Å². The minimum Gasteiger partial charge on any atom is -0.493 e. The number of pyridine rings is 1. The quantitative estimate of drug-likeness (QED) is 0.737. The molecule has 6 heteroatoms. The minimum absolute atomic E-state index is 0.000799. The highest BCUT2D eigenvalue weighted by Crippen LogP contribution is 2.22. The summed E-state index contributed by atoms with van der Waals surface area (Å²) >= 11 is 0. The lowest BCUT2D eigenvalue weighted by Gasteiger charge is -2.32. The van der Waals surface area contributed by atoms with E-state index in [2.05, 4.69) is 15.2 Å². The standard InChI is InChI=1S/C22H24N4O2/c1-16-12-19(9-10-23-16)28-15-17-6-5-11-26(14-17)22(27)21-13-20(24-25-21)18-7-3-2-4-8-18/h2-4,7-10,12-13,17H,5-6,11,14-15H2,1H3,(H,24,25). The molecule has 1 saturated heterocycles. The third-order valence-electron chi connectivity index (χ3n) is 5.04. The Bertz CT molecular complexity index is 938. The molecule has 1 atom stereocenters. The van der Waals surface area contributed by atoms with Gasteiger partial charge in [-0.3, -0.25) is 14.9 Å². The molecule has 0 saturated carbocycles. The van der Waals surface area contributed by atoms with Gasteiger partial charge in [0.2, 0.25) is 0 Å². The van der Waals surface area contributed by atoms with E-state index >= 15 is 0 Å². The van der Waals surface area contributed by atoms with Gasteiger partial charge in [-0.05, 0) is 31.9 Å². The number of hydrogen-bond acceptors (Lipinski definition) is 4. The van der Waals surface area contributed by atoms with Crippen LogP contribution in [-0.4, -0.2) is 45.7 Å². The Balaban J connectivity index is 1.37. The number of benzene rings is 1. The lowest BCUT2D eigenvalue weighted by molar-refractivity contribution is 0.0627. The molecule has 0 radical (unpaired) electrons. The second-order valence-corrected chi connectivity index (χ2v) is 7.24. The van der Waals surface area contributed by atoms with E-state index in [0.717, 1.165) is 42.1 Å². The molecule has 0 bridgehead atoms. The van der Waals surface area contributed by atoms with Crippen LogP contribution in [0.15, 0.2) is 54.7 Å². The maximum absolute atomic E-state index is 12.9. The van der Waals surface area contributed by atoms with E-state index in [4.69, 9.17) is 4.74 Å². The van der Waals surface area contributed by atoms with E-state index in [1.54, 1.807) is 6.20 Å². The lowest BCUT2D eigenvalue weighted by Crippen LogP contribution is -2.41. The molecule has 6 nitrogen and oxygen atoms in total. The number of likely N-dealkylation sites (tertiary alicyclic amines) is 1. The first-order valence-electron chi connectivity index (χ1n) is 9.64. The van der Waals surface area contributed by atoms with E-state index in [0.29, 0.717) is 24.8 Å². The van der Waals surface area contributed by atoms with Crippen molar-refractivity contribution in [1.29, 1.82) is 0 Å². The van der Waals surface area contributed by atoms with Crippen molar-refractivity contribution in [3.63, 3.8) is 0 Å². The molecule has 2 aromatic heterocycles. The van der Waals surface area contributed by atoms with Crippen LogP contribution in [0.5, 0.6) is 5.75 Å². The van der Waals surface area contributed by atoms with Crippen LogP contribution >= 0.6 is 0 Å². The van der Waals surface area contributed by atoms with Crippen LogP contribution in [0.2, 0.25) is 0 Å². The number of amides is 1. The second kappa shape index (κ2) is 8.25. The summed E-state index contributed by atoms with van der Waals surface area (Å²) < 4.78 is 5.92. The van der Waals surface area contributed by atoms with Gasteiger partial charge < -0.3 is 9.64 Å². The van der Waals surface area contributed by atoms with Crippen LogP contribution in [0.1, 0.15) is 29.0 Å². The minimum atomic E-state index is -0.000799. The van der Waals surface area contributed by atoms with Gasteiger partial charge in [-0.25, -0.2) is 0 Å². The zero-order valence-corrected chi connectivity index (χ0v) is 16.0. The van der Waals surface area contributed by atoms with Crippen LogP contribution in [-0.2, 0) is 0 Å². The molecule has 1 aliphatic heterocycles. The molecule has 4 rings (SSSR count). The van der Waals surface area contributed by atoms with Crippen molar-refractivity contribution in [2.75, 3.05) is 19.7 Å². The Labute approximate surface area is 164 Å². The normalized spacial score (nSPS) is 16.8. The Morgan fingerprint density at radius 1 is 1.25 bits per heavy atom. The van der Waals surface area contributed by atoms with Gasteiger partial charge in [-0.1, -0.05) is 30.3 Å². The molecule has 3 aromatic rings. The average molecular weight is 376 g/mol. The summed E-state index contributed by atoms with van der Waals surface area (Å²) in [6, 6.07) is 15.5. The van der Waals surface area contributed by atoms with Gasteiger partial charge in [0, 0.05) is 42.5 Å². The Kier molecular flexibility index (Phi) is 5.37.